The molecular weight excluding hydrogens is 306 g/mol. The number of hydrogen-bond donors (Lipinski definition) is 2. The zero-order valence-corrected chi connectivity index (χ0v) is 12.7. The van der Waals surface area contributed by atoms with Crippen LogP contribution in [0.25, 0.3) is 0 Å². The first kappa shape index (κ1) is 15.8. The van der Waals surface area contributed by atoms with Crippen molar-refractivity contribution in [2.75, 3.05) is 11.3 Å². The summed E-state index contributed by atoms with van der Waals surface area (Å²) in [5.74, 6) is 0.293. The third-order valence-electron chi connectivity index (χ3n) is 2.70. The van der Waals surface area contributed by atoms with Gasteiger partial charge in [-0.1, -0.05) is 11.2 Å². The number of amides is 1. The molecule has 1 aromatic heterocycles. The molecule has 1 aromatic carbocycles. The molecule has 1 amide bonds. The van der Waals surface area contributed by atoms with Crippen LogP contribution < -0.4 is 10.0 Å². The van der Waals surface area contributed by atoms with Crippen LogP contribution in [0, 0.1) is 6.92 Å². The maximum absolute atomic E-state index is 12.2. The van der Waals surface area contributed by atoms with Crippen molar-refractivity contribution in [1.29, 1.82) is 0 Å². The summed E-state index contributed by atoms with van der Waals surface area (Å²) in [6.45, 7) is 5.49. The highest BCUT2D eigenvalue weighted by molar-refractivity contribution is 7.92. The highest BCUT2D eigenvalue weighted by Gasteiger charge is 2.16. The van der Waals surface area contributed by atoms with Crippen LogP contribution in [0.1, 0.15) is 16.1 Å². The summed E-state index contributed by atoms with van der Waals surface area (Å²) in [6, 6.07) is 7.02. The van der Waals surface area contributed by atoms with Gasteiger partial charge in [-0.3, -0.25) is 9.52 Å². The molecule has 0 saturated heterocycles. The molecule has 0 spiro atoms. The third kappa shape index (κ3) is 3.73. The number of sulfonamides is 1. The highest BCUT2D eigenvalue weighted by Crippen LogP contribution is 2.16. The van der Waals surface area contributed by atoms with E-state index in [0.717, 1.165) is 0 Å². The molecule has 8 heteroatoms. The number of carbonyl (C=O) groups is 1. The molecule has 2 rings (SSSR count). The summed E-state index contributed by atoms with van der Waals surface area (Å²) in [4.78, 5) is 11.7. The fraction of sp³-hybridized carbons (Fsp3) is 0.143. The van der Waals surface area contributed by atoms with Gasteiger partial charge in [0.25, 0.3) is 15.9 Å². The Hall–Kier alpha value is -2.61. The molecule has 116 valence electrons. The Morgan fingerprint density at radius 1 is 1.36 bits per heavy atom. The summed E-state index contributed by atoms with van der Waals surface area (Å²) < 4.78 is 31.4. The minimum absolute atomic E-state index is 0.0217. The van der Waals surface area contributed by atoms with Crippen molar-refractivity contribution in [2.24, 2.45) is 0 Å². The van der Waals surface area contributed by atoms with E-state index in [-0.39, 0.29) is 16.6 Å². The maximum atomic E-state index is 12.2. The number of nitrogens with one attached hydrogen (secondary N) is 2. The first-order valence-electron chi connectivity index (χ1n) is 6.37. The Labute approximate surface area is 128 Å². The number of nitrogens with zero attached hydrogens (tertiary/aromatic N) is 1. The number of benzene rings is 1. The molecule has 0 atom stereocenters. The highest BCUT2D eigenvalue weighted by atomic mass is 32.2. The topological polar surface area (TPSA) is 101 Å². The smallest absolute Gasteiger partial charge is 0.263 e. The SMILES string of the molecule is C=CCNC(=O)c1ccc(S(=O)(=O)Nc2cc(C)on2)cc1. The third-order valence-corrected chi connectivity index (χ3v) is 4.07. The van der Waals surface area contributed by atoms with Crippen molar-refractivity contribution in [3.63, 3.8) is 0 Å². The molecule has 0 aliphatic carbocycles. The van der Waals surface area contributed by atoms with E-state index in [4.69, 9.17) is 4.52 Å². The Kier molecular flexibility index (Phi) is 4.62. The first-order valence-corrected chi connectivity index (χ1v) is 7.86. The zero-order valence-electron chi connectivity index (χ0n) is 11.9. The Bertz CT molecular complexity index is 779. The molecule has 22 heavy (non-hydrogen) atoms. The van der Waals surface area contributed by atoms with Gasteiger partial charge in [0, 0.05) is 18.2 Å². The van der Waals surface area contributed by atoms with Gasteiger partial charge >= 0.3 is 0 Å². The second-order valence-electron chi connectivity index (χ2n) is 4.45. The molecule has 1 heterocycles. The van der Waals surface area contributed by atoms with Crippen molar-refractivity contribution in [3.8, 4) is 0 Å². The van der Waals surface area contributed by atoms with Gasteiger partial charge in [0.15, 0.2) is 5.82 Å². The van der Waals surface area contributed by atoms with E-state index >= 15 is 0 Å². The zero-order chi connectivity index (χ0) is 16.2. The van der Waals surface area contributed by atoms with Crippen LogP contribution in [-0.2, 0) is 10.0 Å². The van der Waals surface area contributed by atoms with Crippen LogP contribution in [0.4, 0.5) is 5.82 Å². The van der Waals surface area contributed by atoms with Gasteiger partial charge in [-0.15, -0.1) is 6.58 Å². The lowest BCUT2D eigenvalue weighted by atomic mass is 10.2. The van der Waals surface area contributed by atoms with Gasteiger partial charge in [0.1, 0.15) is 5.76 Å². The van der Waals surface area contributed by atoms with Gasteiger partial charge in [-0.2, -0.15) is 0 Å². The van der Waals surface area contributed by atoms with Crippen LogP contribution in [0.3, 0.4) is 0 Å². The van der Waals surface area contributed by atoms with E-state index in [1.807, 2.05) is 0 Å². The monoisotopic (exact) mass is 321 g/mol. The number of carbonyl (C=O) groups excluding carboxylic acids is 1. The van der Waals surface area contributed by atoms with Crippen molar-refractivity contribution in [3.05, 3.63) is 54.3 Å². The average Bonchev–Trinajstić information content (AvgIpc) is 2.89. The summed E-state index contributed by atoms with van der Waals surface area (Å²) in [5.41, 5.74) is 0.359. The molecule has 0 bridgehead atoms. The second-order valence-corrected chi connectivity index (χ2v) is 6.13. The summed E-state index contributed by atoms with van der Waals surface area (Å²) in [7, 11) is -3.78. The van der Waals surface area contributed by atoms with E-state index < -0.39 is 10.0 Å². The quantitative estimate of drug-likeness (QED) is 0.789. The predicted octanol–water partition coefficient (Wildman–Crippen LogP) is 1.70. The normalized spacial score (nSPS) is 11.0. The molecule has 2 N–H and O–H groups in total. The van der Waals surface area contributed by atoms with E-state index in [2.05, 4.69) is 21.8 Å². The number of rotatable bonds is 6. The van der Waals surface area contributed by atoms with Crippen molar-refractivity contribution in [1.82, 2.24) is 10.5 Å². The van der Waals surface area contributed by atoms with Crippen molar-refractivity contribution >= 4 is 21.7 Å². The molecule has 0 fully saturated rings. The average molecular weight is 321 g/mol. The summed E-state index contributed by atoms with van der Waals surface area (Å²) in [5, 5.41) is 6.17. The van der Waals surface area contributed by atoms with Crippen LogP contribution in [-0.4, -0.2) is 26.0 Å². The lowest BCUT2D eigenvalue weighted by Crippen LogP contribution is -2.23. The molecule has 0 saturated carbocycles. The number of aromatic nitrogens is 1. The fourth-order valence-corrected chi connectivity index (χ4v) is 2.65. The second kappa shape index (κ2) is 6.44. The Balaban J connectivity index is 2.15. The summed E-state index contributed by atoms with van der Waals surface area (Å²) >= 11 is 0. The van der Waals surface area contributed by atoms with Gasteiger partial charge in [0.2, 0.25) is 0 Å². The number of aryl methyl sites for hydroxylation is 1. The molecule has 0 aliphatic heterocycles. The fourth-order valence-electron chi connectivity index (χ4n) is 1.66. The molecule has 7 nitrogen and oxygen atoms in total. The van der Waals surface area contributed by atoms with Crippen molar-refractivity contribution < 1.29 is 17.7 Å². The maximum Gasteiger partial charge on any atom is 0.263 e. The van der Waals surface area contributed by atoms with E-state index in [1.54, 1.807) is 13.0 Å². The summed E-state index contributed by atoms with van der Waals surface area (Å²) in [6.07, 6.45) is 1.56. The van der Waals surface area contributed by atoms with Crippen LogP contribution >= 0.6 is 0 Å². The minimum Gasteiger partial charge on any atom is -0.360 e. The lowest BCUT2D eigenvalue weighted by molar-refractivity contribution is 0.0958. The van der Waals surface area contributed by atoms with E-state index in [0.29, 0.717) is 17.9 Å². The molecule has 0 aliphatic rings. The molecular formula is C14H15N3O4S. The molecule has 0 unspecified atom stereocenters. The van der Waals surface area contributed by atoms with Gasteiger partial charge in [0.05, 0.1) is 4.90 Å². The number of hydrogen-bond acceptors (Lipinski definition) is 5. The van der Waals surface area contributed by atoms with Crippen LogP contribution in [0.2, 0.25) is 0 Å². The van der Waals surface area contributed by atoms with Crippen molar-refractivity contribution in [2.45, 2.75) is 11.8 Å². The van der Waals surface area contributed by atoms with Gasteiger partial charge < -0.3 is 9.84 Å². The van der Waals surface area contributed by atoms with Crippen LogP contribution in [0.15, 0.2) is 52.4 Å². The number of anilines is 1. The van der Waals surface area contributed by atoms with E-state index in [1.165, 1.54) is 30.3 Å². The molecule has 0 radical (unpaired) electrons. The Morgan fingerprint density at radius 2 is 2.05 bits per heavy atom. The molecule has 2 aromatic rings. The largest absolute Gasteiger partial charge is 0.360 e. The van der Waals surface area contributed by atoms with Gasteiger partial charge in [-0.05, 0) is 31.2 Å². The predicted molar refractivity (Wildman–Crippen MR) is 81.0 cm³/mol. The minimum atomic E-state index is -3.78. The lowest BCUT2D eigenvalue weighted by Gasteiger charge is -2.06. The van der Waals surface area contributed by atoms with E-state index in [9.17, 15) is 13.2 Å². The first-order chi connectivity index (χ1) is 10.4. The van der Waals surface area contributed by atoms with Gasteiger partial charge in [-0.25, -0.2) is 8.42 Å². The Morgan fingerprint density at radius 3 is 2.59 bits per heavy atom. The van der Waals surface area contributed by atoms with Crippen LogP contribution in [0.5, 0.6) is 0 Å². The standard InChI is InChI=1S/C14H15N3O4S/c1-3-8-15-14(18)11-4-6-12(7-5-11)22(19,20)17-13-9-10(2)21-16-13/h3-7,9H,1,8H2,2H3,(H,15,18)(H,16,17).